The molecule has 4 fully saturated rings. The Bertz CT molecular complexity index is 1350. The van der Waals surface area contributed by atoms with Gasteiger partial charge in [0.15, 0.2) is 0 Å². The van der Waals surface area contributed by atoms with Crippen LogP contribution in [0.2, 0.25) is 0 Å². The number of hydrogen-bond acceptors (Lipinski definition) is 3. The van der Waals surface area contributed by atoms with E-state index in [0.29, 0.717) is 22.8 Å². The summed E-state index contributed by atoms with van der Waals surface area (Å²) in [5.74, 6) is 1.64. The standard InChI is InChI=1S/C37H50N4.C2H6/c1-6-30-12-13-34(22-28(30)4)37-18-15-36(16-19-37,17-20-37)26-40(29(5)31-10-8-7-9-11-31)35-23-32(14-21-38-35)33-24-39-41(25-33)27(2)3;1-2/h12-14,21-25,27,31H,5-11,15-20,26H2,1-4H3;1-2H3. The van der Waals surface area contributed by atoms with Crippen LogP contribution in [0.4, 0.5) is 5.82 Å². The highest BCUT2D eigenvalue weighted by Crippen LogP contribution is 2.58. The third-order valence-corrected chi connectivity index (χ3v) is 11.1. The molecule has 0 amide bonds. The number of anilines is 1. The minimum atomic E-state index is 0.345. The summed E-state index contributed by atoms with van der Waals surface area (Å²) in [4.78, 5) is 7.55. The van der Waals surface area contributed by atoms with E-state index in [2.05, 4.69) is 74.2 Å². The quantitative estimate of drug-likeness (QED) is 0.252. The van der Waals surface area contributed by atoms with Gasteiger partial charge in [0.05, 0.1) is 6.20 Å². The molecule has 7 rings (SSSR count). The number of pyridine rings is 1. The SMILES string of the molecule is C=C(C1CCCCC1)N(CC12CCC(c3ccc(CC)c(C)c3)(CC1)CC2)c1cc(-c2cnn(C(C)C)c2)ccn1.CC. The van der Waals surface area contributed by atoms with E-state index in [0.717, 1.165) is 24.3 Å². The average molecular weight is 581 g/mol. The Kier molecular flexibility index (Phi) is 9.83. The third kappa shape index (κ3) is 6.49. The van der Waals surface area contributed by atoms with E-state index in [1.54, 1.807) is 5.56 Å². The molecule has 4 nitrogen and oxygen atoms in total. The van der Waals surface area contributed by atoms with Crippen LogP contribution in [0.5, 0.6) is 0 Å². The van der Waals surface area contributed by atoms with Crippen molar-refractivity contribution in [1.29, 1.82) is 0 Å². The molecule has 0 radical (unpaired) electrons. The summed E-state index contributed by atoms with van der Waals surface area (Å²) in [6.07, 6.45) is 21.6. The number of benzene rings is 1. The predicted molar refractivity (Wildman–Crippen MR) is 183 cm³/mol. The minimum absolute atomic E-state index is 0.345. The van der Waals surface area contributed by atoms with Crippen LogP contribution >= 0.6 is 0 Å². The maximum Gasteiger partial charge on any atom is 0.133 e. The molecule has 2 heterocycles. The highest BCUT2D eigenvalue weighted by molar-refractivity contribution is 5.66. The lowest BCUT2D eigenvalue weighted by Crippen LogP contribution is -2.49. The Labute approximate surface area is 262 Å². The fraction of sp³-hybridized carbons (Fsp3) is 0.590. The minimum Gasteiger partial charge on any atom is -0.330 e. The summed E-state index contributed by atoms with van der Waals surface area (Å²) in [5, 5.41) is 4.61. The van der Waals surface area contributed by atoms with Gasteiger partial charge in [0, 0.05) is 36.2 Å². The maximum atomic E-state index is 4.99. The van der Waals surface area contributed by atoms with E-state index in [9.17, 15) is 0 Å². The van der Waals surface area contributed by atoms with Gasteiger partial charge in [-0.25, -0.2) is 4.98 Å². The molecular formula is C39H56N4. The predicted octanol–water partition coefficient (Wildman–Crippen LogP) is 10.6. The Morgan fingerprint density at radius 3 is 2.28 bits per heavy atom. The molecule has 3 aromatic rings. The van der Waals surface area contributed by atoms with Crippen LogP contribution in [0.25, 0.3) is 11.1 Å². The van der Waals surface area contributed by atoms with Gasteiger partial charge in [-0.05, 0) is 130 Å². The molecule has 0 N–H and O–H groups in total. The molecule has 0 unspecified atom stereocenters. The zero-order valence-corrected chi connectivity index (χ0v) is 28.0. The maximum absolute atomic E-state index is 4.99. The number of fused-ring (bicyclic) bond motifs is 3. The summed E-state index contributed by atoms with van der Waals surface area (Å²) >= 11 is 0. The van der Waals surface area contributed by atoms with Gasteiger partial charge in [-0.3, -0.25) is 4.68 Å². The van der Waals surface area contributed by atoms with Crippen LogP contribution in [0.15, 0.2) is 61.2 Å². The fourth-order valence-corrected chi connectivity index (χ4v) is 8.19. The van der Waals surface area contributed by atoms with Crippen LogP contribution in [0.1, 0.15) is 128 Å². The molecule has 4 aliphatic rings. The van der Waals surface area contributed by atoms with Gasteiger partial charge in [0.1, 0.15) is 5.82 Å². The fourth-order valence-electron chi connectivity index (χ4n) is 8.19. The molecule has 1 aromatic carbocycles. The van der Waals surface area contributed by atoms with Gasteiger partial charge in [-0.2, -0.15) is 5.10 Å². The molecule has 0 spiro atoms. The molecule has 2 bridgehead atoms. The van der Waals surface area contributed by atoms with Gasteiger partial charge in [0.2, 0.25) is 0 Å². The van der Waals surface area contributed by atoms with E-state index in [1.807, 2.05) is 30.9 Å². The first kappa shape index (κ1) is 31.5. The monoisotopic (exact) mass is 580 g/mol. The van der Waals surface area contributed by atoms with Crippen LogP contribution < -0.4 is 4.90 Å². The zero-order valence-electron chi connectivity index (χ0n) is 28.0. The normalized spacial score (nSPS) is 23.6. The van der Waals surface area contributed by atoms with Crippen molar-refractivity contribution in [2.75, 3.05) is 11.4 Å². The second kappa shape index (κ2) is 13.4. The summed E-state index contributed by atoms with van der Waals surface area (Å²) in [6, 6.07) is 12.1. The number of rotatable bonds is 9. The molecule has 0 atom stereocenters. The van der Waals surface area contributed by atoms with Crippen LogP contribution in [-0.2, 0) is 11.8 Å². The largest absolute Gasteiger partial charge is 0.330 e. The lowest BCUT2D eigenvalue weighted by molar-refractivity contribution is 0.0459. The van der Waals surface area contributed by atoms with Crippen molar-refractivity contribution in [1.82, 2.24) is 14.8 Å². The van der Waals surface area contributed by atoms with Crippen LogP contribution in [-0.4, -0.2) is 21.3 Å². The van der Waals surface area contributed by atoms with E-state index >= 15 is 0 Å². The average Bonchev–Trinajstić information content (AvgIpc) is 3.57. The van der Waals surface area contributed by atoms with Crippen molar-refractivity contribution in [3.8, 4) is 11.1 Å². The summed E-state index contributed by atoms with van der Waals surface area (Å²) < 4.78 is 2.04. The van der Waals surface area contributed by atoms with E-state index < -0.39 is 0 Å². The number of aryl methyl sites for hydroxylation is 2. The van der Waals surface area contributed by atoms with Crippen molar-refractivity contribution < 1.29 is 0 Å². The molecule has 4 saturated carbocycles. The van der Waals surface area contributed by atoms with Crippen molar-refractivity contribution >= 4 is 5.82 Å². The number of allylic oxidation sites excluding steroid dienone is 1. The molecule has 4 aliphatic carbocycles. The number of nitrogens with zero attached hydrogens (tertiary/aromatic N) is 4. The first-order valence-corrected chi connectivity index (χ1v) is 17.4. The Morgan fingerprint density at radius 1 is 0.977 bits per heavy atom. The van der Waals surface area contributed by atoms with Crippen molar-refractivity contribution in [2.24, 2.45) is 11.3 Å². The first-order chi connectivity index (χ1) is 20.8. The van der Waals surface area contributed by atoms with Gasteiger partial charge in [0.25, 0.3) is 0 Å². The number of aromatic nitrogens is 3. The molecule has 4 heteroatoms. The van der Waals surface area contributed by atoms with Gasteiger partial charge in [-0.1, -0.05) is 64.8 Å². The second-order valence-electron chi connectivity index (χ2n) is 13.9. The van der Waals surface area contributed by atoms with Gasteiger partial charge >= 0.3 is 0 Å². The molecular weight excluding hydrogens is 524 g/mol. The third-order valence-electron chi connectivity index (χ3n) is 11.1. The molecule has 0 saturated heterocycles. The van der Waals surface area contributed by atoms with E-state index in [-0.39, 0.29) is 0 Å². The molecule has 2 aromatic heterocycles. The second-order valence-corrected chi connectivity index (χ2v) is 13.9. The van der Waals surface area contributed by atoms with E-state index in [1.165, 1.54) is 93.0 Å². The molecule has 43 heavy (non-hydrogen) atoms. The van der Waals surface area contributed by atoms with Crippen LogP contribution in [0.3, 0.4) is 0 Å². The van der Waals surface area contributed by atoms with E-state index in [4.69, 9.17) is 11.6 Å². The Morgan fingerprint density at radius 2 is 1.67 bits per heavy atom. The lowest BCUT2D eigenvalue weighted by Gasteiger charge is -2.55. The zero-order chi connectivity index (χ0) is 30.6. The molecule has 232 valence electrons. The summed E-state index contributed by atoms with van der Waals surface area (Å²) in [6.45, 7) is 18.8. The lowest BCUT2D eigenvalue weighted by atomic mass is 9.51. The first-order valence-electron chi connectivity index (χ1n) is 17.4. The van der Waals surface area contributed by atoms with Crippen molar-refractivity contribution in [3.05, 3.63) is 77.9 Å². The highest BCUT2D eigenvalue weighted by Gasteiger charge is 2.50. The topological polar surface area (TPSA) is 34.0 Å². The Balaban J connectivity index is 0.00000180. The number of hydrogen-bond donors (Lipinski definition) is 0. The van der Waals surface area contributed by atoms with Gasteiger partial charge in [-0.15, -0.1) is 0 Å². The smallest absolute Gasteiger partial charge is 0.133 e. The molecule has 0 aliphatic heterocycles. The summed E-state index contributed by atoms with van der Waals surface area (Å²) in [5.41, 5.74) is 8.94. The highest BCUT2D eigenvalue weighted by atomic mass is 15.3. The van der Waals surface area contributed by atoms with Gasteiger partial charge < -0.3 is 4.90 Å². The Hall–Kier alpha value is -2.88. The summed E-state index contributed by atoms with van der Waals surface area (Å²) in [7, 11) is 0. The van der Waals surface area contributed by atoms with Crippen LogP contribution in [0, 0.1) is 18.3 Å². The van der Waals surface area contributed by atoms with Crippen molar-refractivity contribution in [2.45, 2.75) is 130 Å². The van der Waals surface area contributed by atoms with Crippen molar-refractivity contribution in [3.63, 3.8) is 0 Å².